The Labute approximate surface area is 340 Å². The molecule has 7 aliphatic rings. The second kappa shape index (κ2) is 19.3. The number of aromatic hydroxyl groups is 1. The molecule has 0 aromatic heterocycles. The molecule has 1 aromatic carbocycles. The number of nitrogens with zero attached hydrogens (tertiary/aromatic N) is 3. The summed E-state index contributed by atoms with van der Waals surface area (Å²) in [6, 6.07) is 3.76. The van der Waals surface area contributed by atoms with Gasteiger partial charge in [0.2, 0.25) is 0 Å². The molecule has 0 radical (unpaired) electrons. The second-order valence-corrected chi connectivity index (χ2v) is 18.5. The van der Waals surface area contributed by atoms with Crippen LogP contribution in [0.5, 0.6) is 11.5 Å². The van der Waals surface area contributed by atoms with Gasteiger partial charge in [0, 0.05) is 70.5 Å². The summed E-state index contributed by atoms with van der Waals surface area (Å²) in [6.07, 6.45) is 10.7. The van der Waals surface area contributed by atoms with Gasteiger partial charge in [0.15, 0.2) is 17.5 Å². The molecular formula is C45H70N6O6. The van der Waals surface area contributed by atoms with Crippen molar-refractivity contribution in [3.63, 3.8) is 0 Å². The fourth-order valence-electron chi connectivity index (χ4n) is 11.3. The molecule has 3 fully saturated rings. The first-order chi connectivity index (χ1) is 27.6. The highest BCUT2D eigenvalue weighted by Gasteiger charge is 2.43. The van der Waals surface area contributed by atoms with Crippen LogP contribution in [-0.2, 0) is 22.6 Å². The van der Waals surface area contributed by atoms with Crippen molar-refractivity contribution in [3.8, 4) is 23.3 Å². The molecule has 6 heterocycles. The van der Waals surface area contributed by atoms with Crippen molar-refractivity contribution >= 4 is 11.9 Å². The highest BCUT2D eigenvalue weighted by atomic mass is 16.5. The third-order valence-corrected chi connectivity index (χ3v) is 14.1. The van der Waals surface area contributed by atoms with E-state index in [1.807, 2.05) is 6.07 Å². The number of aliphatic hydroxyl groups excluding tert-OH is 2. The Morgan fingerprint density at radius 3 is 2.65 bits per heavy atom. The lowest BCUT2D eigenvalue weighted by molar-refractivity contribution is -0.152. The molecule has 8 rings (SSSR count). The number of carbonyl (C=O) groups excluding carboxylic acids is 1. The van der Waals surface area contributed by atoms with Gasteiger partial charge >= 0.3 is 5.97 Å². The molecule has 10 atom stereocenters. The average Bonchev–Trinajstić information content (AvgIpc) is 3.19. The molecule has 7 N–H and O–H groups in total. The number of unbranched alkanes of at least 4 members (excludes halogenated alkanes) is 2. The van der Waals surface area contributed by atoms with Crippen LogP contribution in [0.2, 0.25) is 0 Å². The molecule has 57 heavy (non-hydrogen) atoms. The van der Waals surface area contributed by atoms with E-state index in [4.69, 9.17) is 20.2 Å². The highest BCUT2D eigenvalue weighted by molar-refractivity contribution is 5.77. The first-order valence-electron chi connectivity index (χ1n) is 22.3. The second-order valence-electron chi connectivity index (χ2n) is 18.5. The Morgan fingerprint density at radius 2 is 1.88 bits per heavy atom. The number of carbonyl (C=O) groups is 1. The SMILES string of the molecule is CCCCC[C@@H]1CN2C[C@@H]3C[C@H](CN(CN=C(N)NC[C@@]14C#C[C@H]1CCC[C@@H]5C[C@H](CCN5)Oc5cc(c(CO)cc5O)C[C@@H]1[C@@H](OC(C)=O)C[C@@H](O)CC4)C3)C2. The minimum Gasteiger partial charge on any atom is -0.504 e. The number of esters is 1. The zero-order valence-corrected chi connectivity index (χ0v) is 34.6. The molecule has 1 spiro atoms. The number of rotatable bonds is 6. The molecule has 12 nitrogen and oxygen atoms in total. The van der Waals surface area contributed by atoms with E-state index in [2.05, 4.69) is 39.2 Å². The summed E-state index contributed by atoms with van der Waals surface area (Å²) in [5, 5.41) is 40.9. The Hall–Kier alpha value is -3.08. The molecule has 316 valence electrons. The lowest BCUT2D eigenvalue weighted by Crippen LogP contribution is -2.54. The number of piperidine rings is 3. The topological polar surface area (TPSA) is 165 Å². The molecule has 3 saturated heterocycles. The Kier molecular flexibility index (Phi) is 14.3. The number of phenols is 1. The van der Waals surface area contributed by atoms with Crippen molar-refractivity contribution in [2.45, 2.75) is 135 Å². The molecule has 0 amide bonds. The maximum absolute atomic E-state index is 12.8. The van der Waals surface area contributed by atoms with Gasteiger partial charge in [-0.3, -0.25) is 9.69 Å². The van der Waals surface area contributed by atoms with Gasteiger partial charge in [-0.15, -0.1) is 0 Å². The van der Waals surface area contributed by atoms with Crippen LogP contribution in [0.25, 0.3) is 0 Å². The van der Waals surface area contributed by atoms with E-state index in [0.717, 1.165) is 103 Å². The Bertz CT molecular complexity index is 1600. The summed E-state index contributed by atoms with van der Waals surface area (Å²) in [5.74, 6) is 9.51. The van der Waals surface area contributed by atoms with E-state index in [9.17, 15) is 20.1 Å². The van der Waals surface area contributed by atoms with Crippen molar-refractivity contribution in [2.75, 3.05) is 52.5 Å². The molecular weight excluding hydrogens is 721 g/mol. The number of aliphatic hydroxyl groups is 2. The standard InChI is InChI=1S/C45H70N6O6/c1-3-4-5-8-36-26-50-22-31-16-32(23-50)25-51(24-31)29-49-44(46)48-28-45(36)13-10-33-7-6-9-37-20-39(12-15-47-37)57-43-19-34(35(27-52)18-41(43)55)17-40(33)42(56-30(2)53)21-38(54)11-14-45/h18-19,31-33,36-40,42,47,52,54-55H,3-9,11-12,14-17,20-29H2,1-2H3,(H3,46,48,49)/t31-,32-,33+,36+,37+,38-,39-,40-,42-,45-/m0/s1. The summed E-state index contributed by atoms with van der Waals surface area (Å²) < 4.78 is 12.7. The molecule has 8 bridgehead atoms. The van der Waals surface area contributed by atoms with Gasteiger partial charge in [-0.2, -0.15) is 0 Å². The van der Waals surface area contributed by atoms with Crippen LogP contribution in [0.1, 0.15) is 108 Å². The monoisotopic (exact) mass is 791 g/mol. The van der Waals surface area contributed by atoms with Gasteiger partial charge in [-0.1, -0.05) is 44.4 Å². The lowest BCUT2D eigenvalue weighted by Gasteiger charge is -2.48. The van der Waals surface area contributed by atoms with E-state index in [1.165, 1.54) is 13.3 Å². The largest absolute Gasteiger partial charge is 0.504 e. The highest BCUT2D eigenvalue weighted by Crippen LogP contribution is 2.43. The number of nitrogens with one attached hydrogen (secondary N) is 2. The number of fused-ring (bicyclic) bond motifs is 9. The summed E-state index contributed by atoms with van der Waals surface area (Å²) in [7, 11) is 0. The van der Waals surface area contributed by atoms with Crippen LogP contribution in [0.3, 0.4) is 0 Å². The number of aliphatic imine (C=N–C) groups is 1. The minimum atomic E-state index is -0.720. The fraction of sp³-hybridized carbons (Fsp3) is 0.778. The van der Waals surface area contributed by atoms with Gasteiger partial charge < -0.3 is 46.1 Å². The van der Waals surface area contributed by atoms with Gasteiger partial charge in [-0.25, -0.2) is 4.99 Å². The van der Waals surface area contributed by atoms with E-state index >= 15 is 0 Å². The predicted molar refractivity (Wildman–Crippen MR) is 221 cm³/mol. The summed E-state index contributed by atoms with van der Waals surface area (Å²) >= 11 is 0. The Balaban J connectivity index is 1.34. The maximum atomic E-state index is 12.8. The third kappa shape index (κ3) is 10.8. The van der Waals surface area contributed by atoms with E-state index in [-0.39, 0.29) is 48.2 Å². The lowest BCUT2D eigenvalue weighted by atomic mass is 9.67. The van der Waals surface area contributed by atoms with Crippen LogP contribution >= 0.6 is 0 Å². The number of ether oxygens (including phenoxy) is 2. The normalized spacial score (nSPS) is 37.3. The summed E-state index contributed by atoms with van der Waals surface area (Å²) in [4.78, 5) is 22.9. The predicted octanol–water partition coefficient (Wildman–Crippen LogP) is 4.13. The van der Waals surface area contributed by atoms with Crippen molar-refractivity contribution in [2.24, 2.45) is 45.7 Å². The third-order valence-electron chi connectivity index (χ3n) is 14.1. The molecule has 1 aromatic rings. The first kappa shape index (κ1) is 42.1. The number of hydrogen-bond acceptors (Lipinski definition) is 12. The van der Waals surface area contributed by atoms with Crippen molar-refractivity contribution in [1.82, 2.24) is 20.4 Å². The molecule has 12 heteroatoms. The number of hydrogen-bond donors (Lipinski definition) is 6. The van der Waals surface area contributed by atoms with Crippen LogP contribution in [0.15, 0.2) is 17.1 Å². The number of phenolic OH excluding ortho intramolecular Hbond substituents is 1. The smallest absolute Gasteiger partial charge is 0.302 e. The van der Waals surface area contributed by atoms with Gasteiger partial charge in [0.1, 0.15) is 12.2 Å². The summed E-state index contributed by atoms with van der Waals surface area (Å²) in [5.41, 5.74) is 7.62. The zero-order chi connectivity index (χ0) is 39.9. The minimum absolute atomic E-state index is 0.0148. The Morgan fingerprint density at radius 1 is 1.07 bits per heavy atom. The van der Waals surface area contributed by atoms with Gasteiger partial charge in [0.05, 0.1) is 24.8 Å². The summed E-state index contributed by atoms with van der Waals surface area (Å²) in [6.45, 7) is 10.7. The van der Waals surface area contributed by atoms with Crippen LogP contribution in [0, 0.1) is 46.8 Å². The van der Waals surface area contributed by atoms with E-state index < -0.39 is 17.6 Å². The molecule has 1 aliphatic carbocycles. The first-order valence-corrected chi connectivity index (χ1v) is 22.3. The quantitative estimate of drug-likeness (QED) is 0.140. The van der Waals surface area contributed by atoms with Gasteiger partial charge in [-0.05, 0) is 105 Å². The molecule has 0 saturated carbocycles. The number of benzene rings is 1. The van der Waals surface area contributed by atoms with Crippen LogP contribution < -0.4 is 21.1 Å². The van der Waals surface area contributed by atoms with Crippen molar-refractivity contribution < 1.29 is 29.6 Å². The van der Waals surface area contributed by atoms with Crippen LogP contribution in [-0.4, -0.2) is 114 Å². The molecule has 0 unspecified atom stereocenters. The van der Waals surface area contributed by atoms with E-state index in [0.29, 0.717) is 68.0 Å². The number of guanidine groups is 1. The zero-order valence-electron chi connectivity index (χ0n) is 34.6. The van der Waals surface area contributed by atoms with Crippen molar-refractivity contribution in [3.05, 3.63) is 23.3 Å². The molecule has 6 aliphatic heterocycles. The van der Waals surface area contributed by atoms with Crippen molar-refractivity contribution in [1.29, 1.82) is 0 Å². The van der Waals surface area contributed by atoms with Crippen LogP contribution in [0.4, 0.5) is 0 Å². The number of nitrogens with two attached hydrogens (primary N) is 1. The fourth-order valence-corrected chi connectivity index (χ4v) is 11.3. The maximum Gasteiger partial charge on any atom is 0.302 e. The van der Waals surface area contributed by atoms with Gasteiger partial charge in [0.25, 0.3) is 0 Å². The average molecular weight is 791 g/mol. The van der Waals surface area contributed by atoms with E-state index in [1.54, 1.807) is 6.07 Å².